The molecule has 8 heteroatoms. The normalized spacial score (nSPS) is 14.6. The molecule has 3 aromatic carbocycles. The molecule has 1 aliphatic rings. The monoisotopic (exact) mass is 486 g/mol. The molecule has 0 radical (unpaired) electrons. The summed E-state index contributed by atoms with van der Waals surface area (Å²) in [6.07, 6.45) is 0.744. The Bertz CT molecular complexity index is 1310. The van der Waals surface area contributed by atoms with Gasteiger partial charge in [-0.3, -0.25) is 9.36 Å². The van der Waals surface area contributed by atoms with Crippen molar-refractivity contribution in [2.24, 2.45) is 0 Å². The summed E-state index contributed by atoms with van der Waals surface area (Å²) in [6.45, 7) is 2.86. The average molecular weight is 487 g/mol. The number of hydrogen-bond donors (Lipinski definition) is 1. The minimum Gasteiger partial charge on any atom is -0.493 e. The van der Waals surface area contributed by atoms with Gasteiger partial charge in [0.05, 0.1) is 18.4 Å². The van der Waals surface area contributed by atoms with E-state index >= 15 is 0 Å². The Morgan fingerprint density at radius 1 is 1.06 bits per heavy atom. The van der Waals surface area contributed by atoms with Crippen LogP contribution in [0.4, 0.5) is 0 Å². The SMILES string of the molecule is Cc1ccccc1OCc1nnc(SCC(=O)N[C@H]2CCOc3ccccc32)n1-c1ccccc1. The molecule has 5 rings (SSSR count). The minimum absolute atomic E-state index is 0.0573. The molecule has 0 fully saturated rings. The van der Waals surface area contributed by atoms with Crippen LogP contribution in [0, 0.1) is 6.92 Å². The number of aryl methyl sites for hydroxylation is 1. The van der Waals surface area contributed by atoms with Crippen molar-refractivity contribution in [3.63, 3.8) is 0 Å². The standard InChI is InChI=1S/C27H26N4O3S/c1-19-9-5-7-13-23(19)34-17-25-29-30-27(31(25)20-10-3-2-4-11-20)35-18-26(32)28-22-15-16-33-24-14-8-6-12-21(22)24/h2-14,22H,15-18H2,1H3,(H,28,32)/t22-/m0/s1. The maximum Gasteiger partial charge on any atom is 0.230 e. The van der Waals surface area contributed by atoms with Gasteiger partial charge in [0.25, 0.3) is 0 Å². The highest BCUT2D eigenvalue weighted by Gasteiger charge is 2.23. The summed E-state index contributed by atoms with van der Waals surface area (Å²) >= 11 is 1.36. The molecule has 0 aliphatic carbocycles. The van der Waals surface area contributed by atoms with Crippen molar-refractivity contribution in [1.82, 2.24) is 20.1 Å². The van der Waals surface area contributed by atoms with Crippen LogP contribution in [-0.2, 0) is 11.4 Å². The van der Waals surface area contributed by atoms with Crippen molar-refractivity contribution >= 4 is 17.7 Å². The van der Waals surface area contributed by atoms with Crippen LogP contribution in [0.1, 0.15) is 29.4 Å². The van der Waals surface area contributed by atoms with Gasteiger partial charge in [0.2, 0.25) is 5.91 Å². The molecule has 0 saturated heterocycles. The van der Waals surface area contributed by atoms with Gasteiger partial charge in [-0.05, 0) is 36.8 Å². The third kappa shape index (κ3) is 5.33. The van der Waals surface area contributed by atoms with E-state index in [1.807, 2.05) is 90.4 Å². The quantitative estimate of drug-likeness (QED) is 0.358. The molecule has 1 aliphatic heterocycles. The largest absolute Gasteiger partial charge is 0.493 e. The predicted molar refractivity (Wildman–Crippen MR) is 135 cm³/mol. The van der Waals surface area contributed by atoms with Crippen LogP contribution in [0.25, 0.3) is 5.69 Å². The van der Waals surface area contributed by atoms with Gasteiger partial charge < -0.3 is 14.8 Å². The molecule has 4 aromatic rings. The van der Waals surface area contributed by atoms with Crippen molar-refractivity contribution < 1.29 is 14.3 Å². The Balaban J connectivity index is 1.30. The van der Waals surface area contributed by atoms with E-state index in [0.717, 1.165) is 34.7 Å². The van der Waals surface area contributed by atoms with E-state index in [0.29, 0.717) is 17.6 Å². The zero-order valence-corrected chi connectivity index (χ0v) is 20.2. The van der Waals surface area contributed by atoms with Crippen LogP contribution in [0.5, 0.6) is 11.5 Å². The molecule has 1 N–H and O–H groups in total. The third-order valence-electron chi connectivity index (χ3n) is 5.79. The first-order valence-corrected chi connectivity index (χ1v) is 12.5. The number of para-hydroxylation sites is 3. The molecule has 7 nitrogen and oxygen atoms in total. The highest BCUT2D eigenvalue weighted by molar-refractivity contribution is 7.99. The number of ether oxygens (including phenoxy) is 2. The van der Waals surface area contributed by atoms with Crippen molar-refractivity contribution in [1.29, 1.82) is 0 Å². The third-order valence-corrected chi connectivity index (χ3v) is 6.72. The Morgan fingerprint density at radius 2 is 1.83 bits per heavy atom. The van der Waals surface area contributed by atoms with Crippen LogP contribution in [0.15, 0.2) is 84.0 Å². The van der Waals surface area contributed by atoms with Crippen molar-refractivity contribution in [3.8, 4) is 17.2 Å². The predicted octanol–water partition coefficient (Wildman–Crippen LogP) is 4.89. The fraction of sp³-hybridized carbons (Fsp3) is 0.222. The summed E-state index contributed by atoms with van der Waals surface area (Å²) < 4.78 is 13.7. The number of hydrogen-bond acceptors (Lipinski definition) is 6. The lowest BCUT2D eigenvalue weighted by Crippen LogP contribution is -2.33. The Hall–Kier alpha value is -3.78. The molecule has 2 heterocycles. The lowest BCUT2D eigenvalue weighted by molar-refractivity contribution is -0.119. The van der Waals surface area contributed by atoms with Crippen molar-refractivity contribution in [3.05, 3.63) is 95.8 Å². The zero-order chi connectivity index (χ0) is 24.0. The number of thioether (sulfide) groups is 1. The highest BCUT2D eigenvalue weighted by atomic mass is 32.2. The molecule has 35 heavy (non-hydrogen) atoms. The van der Waals surface area contributed by atoms with E-state index in [1.165, 1.54) is 11.8 Å². The lowest BCUT2D eigenvalue weighted by Gasteiger charge is -2.26. The molecule has 0 bridgehead atoms. The van der Waals surface area contributed by atoms with E-state index in [1.54, 1.807) is 0 Å². The number of amides is 1. The topological polar surface area (TPSA) is 78.3 Å². The Morgan fingerprint density at radius 3 is 2.69 bits per heavy atom. The summed E-state index contributed by atoms with van der Waals surface area (Å²) in [5.41, 5.74) is 2.99. The van der Waals surface area contributed by atoms with Crippen LogP contribution in [0.3, 0.4) is 0 Å². The summed E-state index contributed by atoms with van der Waals surface area (Å²) in [4.78, 5) is 12.8. The van der Waals surface area contributed by atoms with Gasteiger partial charge in [-0.25, -0.2) is 0 Å². The Labute approximate surface area is 208 Å². The fourth-order valence-electron chi connectivity index (χ4n) is 4.04. The maximum absolute atomic E-state index is 12.8. The number of carbonyl (C=O) groups excluding carboxylic acids is 1. The maximum atomic E-state index is 12.8. The number of nitrogens with one attached hydrogen (secondary N) is 1. The first-order valence-electron chi connectivity index (χ1n) is 11.5. The van der Waals surface area contributed by atoms with Gasteiger partial charge >= 0.3 is 0 Å². The van der Waals surface area contributed by atoms with Crippen molar-refractivity contribution in [2.75, 3.05) is 12.4 Å². The molecule has 1 atom stereocenters. The number of benzene rings is 3. The molecule has 0 spiro atoms. The second kappa shape index (κ2) is 10.7. The lowest BCUT2D eigenvalue weighted by atomic mass is 10.0. The number of fused-ring (bicyclic) bond motifs is 1. The first kappa shape index (κ1) is 23.0. The first-order chi connectivity index (χ1) is 17.2. The van der Waals surface area contributed by atoms with Gasteiger partial charge in [-0.15, -0.1) is 10.2 Å². The van der Waals surface area contributed by atoms with Gasteiger partial charge in [0, 0.05) is 17.7 Å². The molecule has 0 saturated carbocycles. The molecular weight excluding hydrogens is 460 g/mol. The minimum atomic E-state index is -0.0583. The molecule has 1 aromatic heterocycles. The van der Waals surface area contributed by atoms with Gasteiger partial charge in [0.15, 0.2) is 11.0 Å². The van der Waals surface area contributed by atoms with E-state index in [-0.39, 0.29) is 24.3 Å². The smallest absolute Gasteiger partial charge is 0.230 e. The van der Waals surface area contributed by atoms with Crippen LogP contribution >= 0.6 is 11.8 Å². The number of carbonyl (C=O) groups is 1. The summed E-state index contributed by atoms with van der Waals surface area (Å²) in [6, 6.07) is 25.5. The number of nitrogens with zero attached hydrogens (tertiary/aromatic N) is 3. The van der Waals surface area contributed by atoms with E-state index in [4.69, 9.17) is 9.47 Å². The summed E-state index contributed by atoms with van der Waals surface area (Å²) in [5, 5.41) is 12.5. The number of rotatable bonds is 8. The fourth-order valence-corrected chi connectivity index (χ4v) is 4.82. The van der Waals surface area contributed by atoms with Gasteiger partial charge in [-0.1, -0.05) is 66.4 Å². The Kier molecular flexibility index (Phi) is 6.99. The number of aromatic nitrogens is 3. The van der Waals surface area contributed by atoms with Crippen molar-refractivity contribution in [2.45, 2.75) is 31.1 Å². The van der Waals surface area contributed by atoms with Gasteiger partial charge in [-0.2, -0.15) is 0 Å². The van der Waals surface area contributed by atoms with Crippen LogP contribution < -0.4 is 14.8 Å². The van der Waals surface area contributed by atoms with Gasteiger partial charge in [0.1, 0.15) is 18.1 Å². The molecule has 1 amide bonds. The zero-order valence-electron chi connectivity index (χ0n) is 19.4. The van der Waals surface area contributed by atoms with E-state index in [9.17, 15) is 4.79 Å². The molecular formula is C27H26N4O3S. The average Bonchev–Trinajstić information content (AvgIpc) is 3.30. The van der Waals surface area contributed by atoms with E-state index in [2.05, 4.69) is 15.5 Å². The molecule has 0 unspecified atom stereocenters. The van der Waals surface area contributed by atoms with E-state index < -0.39 is 0 Å². The summed E-state index contributed by atoms with van der Waals surface area (Å²) in [7, 11) is 0. The summed E-state index contributed by atoms with van der Waals surface area (Å²) in [5.74, 6) is 2.47. The highest BCUT2D eigenvalue weighted by Crippen LogP contribution is 2.32. The van der Waals surface area contributed by atoms with Crippen LogP contribution in [0.2, 0.25) is 0 Å². The second-order valence-corrected chi connectivity index (χ2v) is 9.15. The van der Waals surface area contributed by atoms with Crippen LogP contribution in [-0.4, -0.2) is 33.0 Å². The molecule has 178 valence electrons. The second-order valence-electron chi connectivity index (χ2n) is 8.21.